The minimum absolute atomic E-state index is 0.127. The summed E-state index contributed by atoms with van der Waals surface area (Å²) in [6.07, 6.45) is -3.90. The maximum absolute atomic E-state index is 13.2. The Bertz CT molecular complexity index is 1320. The van der Waals surface area contributed by atoms with Crippen molar-refractivity contribution >= 4 is 23.9 Å². The SMILES string of the molecule is COc1ccc2c3c1O[C@@H]1C(OC(=O)C[C@H](OC(=O)[C@H](C)O)C(=O)O[C@@H](C)C(=O)O)=CC[C@]4(O)[C@H](C2)N(C)CC[C@@]314. The molecule has 7 atom stereocenters. The first-order valence-corrected chi connectivity index (χ1v) is 13.4. The highest BCUT2D eigenvalue weighted by molar-refractivity contribution is 5.87. The summed E-state index contributed by atoms with van der Waals surface area (Å²) in [5, 5.41) is 30.8. The summed E-state index contributed by atoms with van der Waals surface area (Å²) >= 11 is 0. The van der Waals surface area contributed by atoms with Crippen molar-refractivity contribution < 1.29 is 58.2 Å². The Kier molecular flexibility index (Phi) is 7.24. The lowest BCUT2D eigenvalue weighted by atomic mass is 9.50. The van der Waals surface area contributed by atoms with E-state index in [1.807, 2.05) is 19.2 Å². The van der Waals surface area contributed by atoms with E-state index in [-0.39, 0.29) is 18.2 Å². The average molecular weight is 576 g/mol. The molecule has 0 unspecified atom stereocenters. The van der Waals surface area contributed by atoms with Gasteiger partial charge in [-0.15, -0.1) is 0 Å². The third kappa shape index (κ3) is 4.43. The number of nitrogens with zero attached hydrogens (tertiary/aromatic N) is 1. The number of aliphatic hydroxyl groups excluding tert-OH is 1. The number of esters is 3. The third-order valence-corrected chi connectivity index (χ3v) is 8.64. The molecule has 2 aliphatic heterocycles. The van der Waals surface area contributed by atoms with Crippen LogP contribution < -0.4 is 9.47 Å². The standard InChI is InChI=1S/C28H33NO12/c1-13(30)25(34)40-18(26(35)38-14(2)24(32)33)12-20(31)39-17-7-8-28(36)19-11-15-5-6-16(37-4)22-21(15)27(28,23(17)41-22)9-10-29(19)3/h5-7,13-14,18-19,23,30,36H,8-12H2,1-4H3,(H,32,33)/t13-,14-,18-,19-,23+,27+,28-/m0/s1. The number of likely N-dealkylation sites (tertiary alicyclic amines) is 1. The first-order chi connectivity index (χ1) is 19.3. The van der Waals surface area contributed by atoms with Crippen LogP contribution in [0, 0.1) is 0 Å². The van der Waals surface area contributed by atoms with E-state index in [0.717, 1.165) is 25.0 Å². The van der Waals surface area contributed by atoms with Crippen molar-refractivity contribution in [1.29, 1.82) is 0 Å². The number of hydrogen-bond donors (Lipinski definition) is 3. The molecule has 13 nitrogen and oxygen atoms in total. The lowest BCUT2D eigenvalue weighted by Gasteiger charge is -2.61. The van der Waals surface area contributed by atoms with Crippen LogP contribution in [0.5, 0.6) is 11.5 Å². The summed E-state index contributed by atoms with van der Waals surface area (Å²) in [6.45, 7) is 2.86. The number of carbonyl (C=O) groups excluding carboxylic acids is 3. The molecular formula is C28H33NO12. The Balaban J connectivity index is 1.44. The van der Waals surface area contributed by atoms with Gasteiger partial charge >= 0.3 is 23.9 Å². The highest BCUT2D eigenvalue weighted by atomic mass is 16.6. The molecule has 222 valence electrons. The number of carboxylic acids is 1. The van der Waals surface area contributed by atoms with Gasteiger partial charge in [-0.2, -0.15) is 0 Å². The van der Waals surface area contributed by atoms with Crippen LogP contribution in [0.3, 0.4) is 0 Å². The van der Waals surface area contributed by atoms with Crippen molar-refractivity contribution in [3.63, 3.8) is 0 Å². The summed E-state index contributed by atoms with van der Waals surface area (Å²) in [4.78, 5) is 51.0. The van der Waals surface area contributed by atoms with Gasteiger partial charge in [-0.25, -0.2) is 14.4 Å². The molecule has 0 saturated carbocycles. The molecule has 0 radical (unpaired) electrons. The van der Waals surface area contributed by atoms with Crippen molar-refractivity contribution in [2.45, 2.75) is 81.0 Å². The summed E-state index contributed by atoms with van der Waals surface area (Å²) in [5.41, 5.74) is -0.306. The molecule has 3 N–H and O–H groups in total. The van der Waals surface area contributed by atoms with Gasteiger partial charge in [-0.05, 0) is 58.0 Å². The molecule has 41 heavy (non-hydrogen) atoms. The molecule has 2 heterocycles. The van der Waals surface area contributed by atoms with Gasteiger partial charge in [0.15, 0.2) is 23.7 Å². The second kappa shape index (κ2) is 10.3. The van der Waals surface area contributed by atoms with Gasteiger partial charge in [0.05, 0.1) is 24.5 Å². The molecule has 1 aromatic rings. The molecule has 1 spiro atoms. The summed E-state index contributed by atoms with van der Waals surface area (Å²) in [7, 11) is 3.48. The molecular weight excluding hydrogens is 542 g/mol. The van der Waals surface area contributed by atoms with E-state index < -0.39 is 65.7 Å². The summed E-state index contributed by atoms with van der Waals surface area (Å²) in [6, 6.07) is 3.56. The van der Waals surface area contributed by atoms with E-state index in [9.17, 15) is 29.4 Å². The quantitative estimate of drug-likeness (QED) is 0.269. The number of carbonyl (C=O) groups is 4. The number of benzene rings is 1. The number of piperidine rings is 1. The molecule has 2 bridgehead atoms. The largest absolute Gasteiger partial charge is 0.493 e. The fourth-order valence-electron chi connectivity index (χ4n) is 6.62. The number of rotatable bonds is 9. The van der Waals surface area contributed by atoms with Crippen LogP contribution in [0.25, 0.3) is 0 Å². The van der Waals surface area contributed by atoms with Crippen molar-refractivity contribution in [1.82, 2.24) is 4.90 Å². The Labute approximate surface area is 235 Å². The van der Waals surface area contributed by atoms with E-state index in [2.05, 4.69) is 4.90 Å². The van der Waals surface area contributed by atoms with E-state index in [1.165, 1.54) is 7.11 Å². The Morgan fingerprint density at radius 2 is 1.90 bits per heavy atom. The minimum atomic E-state index is -1.87. The van der Waals surface area contributed by atoms with Crippen molar-refractivity contribution in [3.8, 4) is 11.5 Å². The number of methoxy groups -OCH3 is 1. The molecule has 1 aromatic carbocycles. The average Bonchev–Trinajstić information content (AvgIpc) is 3.27. The van der Waals surface area contributed by atoms with Crippen LogP contribution >= 0.6 is 0 Å². The summed E-state index contributed by atoms with van der Waals surface area (Å²) < 4.78 is 27.4. The van der Waals surface area contributed by atoms with Crippen LogP contribution in [-0.2, 0) is 45.2 Å². The normalized spacial score (nSPS) is 29.6. The molecule has 0 amide bonds. The van der Waals surface area contributed by atoms with Crippen molar-refractivity contribution in [2.24, 2.45) is 0 Å². The fourth-order valence-corrected chi connectivity index (χ4v) is 6.62. The summed E-state index contributed by atoms with van der Waals surface area (Å²) in [5.74, 6) is -3.85. The monoisotopic (exact) mass is 575 g/mol. The topological polar surface area (TPSA) is 178 Å². The van der Waals surface area contributed by atoms with Crippen LogP contribution in [0.15, 0.2) is 24.0 Å². The smallest absolute Gasteiger partial charge is 0.348 e. The lowest BCUT2D eigenvalue weighted by Crippen LogP contribution is -2.74. The van der Waals surface area contributed by atoms with Gasteiger partial charge in [-0.3, -0.25) is 4.79 Å². The van der Waals surface area contributed by atoms with Crippen molar-refractivity contribution in [2.75, 3.05) is 20.7 Å². The first kappa shape index (κ1) is 28.8. The van der Waals surface area contributed by atoms with Gasteiger partial charge in [0.25, 0.3) is 0 Å². The number of carboxylic acid groups (broad SMARTS) is 1. The van der Waals surface area contributed by atoms with Gasteiger partial charge in [-0.1, -0.05) is 6.07 Å². The lowest BCUT2D eigenvalue weighted by molar-refractivity contribution is -0.182. The fraction of sp³-hybridized carbons (Fsp3) is 0.571. The molecule has 4 aliphatic rings. The molecule has 2 aliphatic carbocycles. The number of likely N-dealkylation sites (N-methyl/N-ethyl adjacent to an activating group) is 1. The number of hydrogen-bond acceptors (Lipinski definition) is 12. The predicted molar refractivity (Wildman–Crippen MR) is 137 cm³/mol. The molecule has 1 saturated heterocycles. The number of ether oxygens (including phenoxy) is 5. The van der Waals surface area contributed by atoms with E-state index in [1.54, 1.807) is 6.08 Å². The van der Waals surface area contributed by atoms with Gasteiger partial charge in [0.2, 0.25) is 6.10 Å². The Morgan fingerprint density at radius 3 is 2.56 bits per heavy atom. The molecule has 0 aromatic heterocycles. The highest BCUT2D eigenvalue weighted by Crippen LogP contribution is 2.65. The van der Waals surface area contributed by atoms with Gasteiger partial charge < -0.3 is 43.9 Å². The maximum Gasteiger partial charge on any atom is 0.348 e. The van der Waals surface area contributed by atoms with Crippen molar-refractivity contribution in [3.05, 3.63) is 35.1 Å². The number of aliphatic hydroxyl groups is 2. The Hall–Kier alpha value is -3.68. The Morgan fingerprint density at radius 1 is 1.17 bits per heavy atom. The first-order valence-electron chi connectivity index (χ1n) is 13.4. The van der Waals surface area contributed by atoms with E-state index >= 15 is 0 Å². The van der Waals surface area contributed by atoms with Crippen LogP contribution in [0.4, 0.5) is 0 Å². The second-order valence-corrected chi connectivity index (χ2v) is 11.0. The van der Waals surface area contributed by atoms with Gasteiger partial charge in [0.1, 0.15) is 11.9 Å². The van der Waals surface area contributed by atoms with Crippen LogP contribution in [0.1, 0.15) is 44.2 Å². The maximum atomic E-state index is 13.2. The zero-order valence-electron chi connectivity index (χ0n) is 23.1. The molecule has 1 fully saturated rings. The van der Waals surface area contributed by atoms with Crippen LogP contribution in [0.2, 0.25) is 0 Å². The van der Waals surface area contributed by atoms with E-state index in [4.69, 9.17) is 28.8 Å². The van der Waals surface area contributed by atoms with E-state index in [0.29, 0.717) is 30.9 Å². The minimum Gasteiger partial charge on any atom is -0.493 e. The third-order valence-electron chi connectivity index (χ3n) is 8.64. The zero-order chi connectivity index (χ0) is 29.9. The second-order valence-electron chi connectivity index (χ2n) is 11.0. The predicted octanol–water partition coefficient (Wildman–Crippen LogP) is 0.215. The zero-order valence-corrected chi connectivity index (χ0v) is 23.1. The number of aliphatic carboxylic acids is 1. The van der Waals surface area contributed by atoms with Gasteiger partial charge in [0, 0.05) is 18.0 Å². The molecule has 5 rings (SSSR count). The molecule has 13 heteroatoms. The van der Waals surface area contributed by atoms with Crippen LogP contribution in [-0.4, -0.2) is 101 Å². The highest BCUT2D eigenvalue weighted by Gasteiger charge is 2.72.